The predicted octanol–water partition coefficient (Wildman–Crippen LogP) is 9.11. The first-order chi connectivity index (χ1) is 20.5. The van der Waals surface area contributed by atoms with E-state index < -0.39 is 0 Å². The van der Waals surface area contributed by atoms with Crippen LogP contribution in [0.3, 0.4) is 0 Å². The van der Waals surface area contributed by atoms with Crippen LogP contribution in [0, 0.1) is 5.92 Å². The van der Waals surface area contributed by atoms with Crippen molar-refractivity contribution in [2.75, 3.05) is 0 Å². The largest absolute Gasteiger partial charge is 0.456 e. The fraction of sp³-hybridized carbons (Fsp3) is 0.135. The monoisotopic (exact) mass is 544 g/mol. The van der Waals surface area contributed by atoms with Crippen LogP contribution in [-0.4, -0.2) is 19.9 Å². The molecule has 0 bridgehead atoms. The number of benzene rings is 4. The van der Waals surface area contributed by atoms with Gasteiger partial charge in [-0.05, 0) is 70.6 Å². The molecule has 7 aromatic rings. The maximum absolute atomic E-state index is 6.46. The highest BCUT2D eigenvalue weighted by Gasteiger charge is 2.42. The van der Waals surface area contributed by atoms with E-state index in [-0.39, 0.29) is 5.41 Å². The number of aromatic nitrogens is 4. The first kappa shape index (κ1) is 24.6. The molecule has 3 aromatic heterocycles. The molecule has 0 amide bonds. The predicted molar refractivity (Wildman–Crippen MR) is 168 cm³/mol. The average molecular weight is 545 g/mol. The summed E-state index contributed by atoms with van der Waals surface area (Å²) >= 11 is 0. The quantitative estimate of drug-likeness (QED) is 0.221. The standard InChI is InChI=1S/C37H28N4O/c1-22(2)37(3)29-14-8-7-13-25(29)26-20-28-27-19-24(16-17-32(27)42-33(28)21-30(26)37)35-39-34(23-11-5-4-6-12-23)40-36(41-35)31-15-9-10-18-38-31/h4-22H,1-3H3. The average Bonchev–Trinajstić information content (AvgIpc) is 3.53. The molecule has 1 aliphatic carbocycles. The highest BCUT2D eigenvalue weighted by atomic mass is 16.3. The van der Waals surface area contributed by atoms with Crippen molar-refractivity contribution < 1.29 is 4.42 Å². The summed E-state index contributed by atoms with van der Waals surface area (Å²) < 4.78 is 6.46. The van der Waals surface area contributed by atoms with E-state index in [2.05, 4.69) is 68.2 Å². The summed E-state index contributed by atoms with van der Waals surface area (Å²) in [6, 6.07) is 35.3. The molecular formula is C37H28N4O. The second-order valence-electron chi connectivity index (χ2n) is 11.5. The first-order valence-electron chi connectivity index (χ1n) is 14.3. The van der Waals surface area contributed by atoms with E-state index in [1.165, 1.54) is 22.3 Å². The Labute approximate surface area is 244 Å². The van der Waals surface area contributed by atoms with E-state index in [0.29, 0.717) is 29.1 Å². The van der Waals surface area contributed by atoms with Crippen molar-refractivity contribution in [1.29, 1.82) is 0 Å². The molecule has 0 saturated heterocycles. The lowest BCUT2D eigenvalue weighted by atomic mass is 9.71. The third-order valence-corrected chi connectivity index (χ3v) is 8.92. The van der Waals surface area contributed by atoms with Crippen LogP contribution in [0.1, 0.15) is 31.9 Å². The number of rotatable bonds is 4. The fourth-order valence-corrected chi connectivity index (χ4v) is 6.38. The molecule has 0 aliphatic heterocycles. The molecule has 202 valence electrons. The molecule has 1 atom stereocenters. The molecule has 0 spiro atoms. The number of pyridine rings is 1. The molecule has 0 N–H and O–H groups in total. The van der Waals surface area contributed by atoms with Crippen LogP contribution in [0.5, 0.6) is 0 Å². The van der Waals surface area contributed by atoms with Crippen LogP contribution < -0.4 is 0 Å². The van der Waals surface area contributed by atoms with Gasteiger partial charge in [-0.25, -0.2) is 15.0 Å². The molecule has 1 aliphatic rings. The van der Waals surface area contributed by atoms with Crippen LogP contribution in [0.15, 0.2) is 114 Å². The Hall–Kier alpha value is -5.16. The van der Waals surface area contributed by atoms with Crippen LogP contribution in [0.25, 0.3) is 67.4 Å². The minimum Gasteiger partial charge on any atom is -0.456 e. The van der Waals surface area contributed by atoms with Crippen LogP contribution in [-0.2, 0) is 5.41 Å². The molecule has 5 heteroatoms. The Balaban J connectivity index is 1.33. The maximum atomic E-state index is 6.46. The zero-order valence-electron chi connectivity index (χ0n) is 23.7. The van der Waals surface area contributed by atoms with E-state index in [1.807, 2.05) is 60.7 Å². The van der Waals surface area contributed by atoms with Crippen molar-refractivity contribution >= 4 is 21.9 Å². The Morgan fingerprint density at radius 3 is 2.10 bits per heavy atom. The number of nitrogens with zero attached hydrogens (tertiary/aromatic N) is 4. The lowest BCUT2D eigenvalue weighted by Gasteiger charge is -2.31. The third-order valence-electron chi connectivity index (χ3n) is 8.92. The molecule has 42 heavy (non-hydrogen) atoms. The Morgan fingerprint density at radius 1 is 0.595 bits per heavy atom. The first-order valence-corrected chi connectivity index (χ1v) is 14.3. The van der Waals surface area contributed by atoms with E-state index in [1.54, 1.807) is 6.20 Å². The van der Waals surface area contributed by atoms with Crippen molar-refractivity contribution in [3.63, 3.8) is 0 Å². The van der Waals surface area contributed by atoms with E-state index in [4.69, 9.17) is 19.4 Å². The van der Waals surface area contributed by atoms with Gasteiger partial charge in [0.15, 0.2) is 17.5 Å². The van der Waals surface area contributed by atoms with Crippen molar-refractivity contribution in [2.24, 2.45) is 5.92 Å². The molecule has 0 radical (unpaired) electrons. The highest BCUT2D eigenvalue weighted by Crippen LogP contribution is 2.54. The Bertz CT molecular complexity index is 2080. The molecule has 4 aromatic carbocycles. The molecular weight excluding hydrogens is 516 g/mol. The summed E-state index contributed by atoms with van der Waals surface area (Å²) in [5.41, 5.74) is 9.50. The van der Waals surface area contributed by atoms with E-state index >= 15 is 0 Å². The summed E-state index contributed by atoms with van der Waals surface area (Å²) in [5.74, 6) is 2.18. The van der Waals surface area contributed by atoms with Gasteiger partial charge in [-0.3, -0.25) is 4.98 Å². The number of hydrogen-bond donors (Lipinski definition) is 0. The topological polar surface area (TPSA) is 64.7 Å². The minimum absolute atomic E-state index is 0.0785. The zero-order valence-corrected chi connectivity index (χ0v) is 23.7. The Morgan fingerprint density at radius 2 is 1.31 bits per heavy atom. The minimum atomic E-state index is -0.0785. The van der Waals surface area contributed by atoms with Gasteiger partial charge in [0, 0.05) is 33.5 Å². The number of fused-ring (bicyclic) bond motifs is 6. The van der Waals surface area contributed by atoms with Gasteiger partial charge < -0.3 is 4.42 Å². The molecule has 5 nitrogen and oxygen atoms in total. The van der Waals surface area contributed by atoms with Gasteiger partial charge in [0.25, 0.3) is 0 Å². The van der Waals surface area contributed by atoms with Gasteiger partial charge in [-0.2, -0.15) is 0 Å². The lowest BCUT2D eigenvalue weighted by Crippen LogP contribution is -2.27. The van der Waals surface area contributed by atoms with Crippen LogP contribution in [0.2, 0.25) is 0 Å². The summed E-state index contributed by atoms with van der Waals surface area (Å²) in [5, 5.41) is 2.14. The molecule has 0 saturated carbocycles. The number of hydrogen-bond acceptors (Lipinski definition) is 5. The summed E-state index contributed by atoms with van der Waals surface area (Å²) in [7, 11) is 0. The summed E-state index contributed by atoms with van der Waals surface area (Å²) in [6.45, 7) is 6.97. The van der Waals surface area contributed by atoms with Gasteiger partial charge >= 0.3 is 0 Å². The fourth-order valence-electron chi connectivity index (χ4n) is 6.38. The van der Waals surface area contributed by atoms with Crippen molar-refractivity contribution in [3.8, 4) is 45.4 Å². The normalized spacial score (nSPS) is 15.8. The van der Waals surface area contributed by atoms with Crippen LogP contribution in [0.4, 0.5) is 0 Å². The van der Waals surface area contributed by atoms with E-state index in [9.17, 15) is 0 Å². The SMILES string of the molecule is CC(C)C1(C)c2ccccc2-c2cc3c(cc21)oc1ccc(-c2nc(-c4ccccc4)nc(-c4ccccn4)n2)cc13. The van der Waals surface area contributed by atoms with Gasteiger partial charge in [-0.1, -0.05) is 81.4 Å². The van der Waals surface area contributed by atoms with Gasteiger partial charge in [0.2, 0.25) is 0 Å². The second-order valence-corrected chi connectivity index (χ2v) is 11.5. The number of furan rings is 1. The Kier molecular flexibility index (Phi) is 5.38. The van der Waals surface area contributed by atoms with Crippen molar-refractivity contribution in [3.05, 3.63) is 120 Å². The van der Waals surface area contributed by atoms with Crippen molar-refractivity contribution in [1.82, 2.24) is 19.9 Å². The van der Waals surface area contributed by atoms with Gasteiger partial charge in [-0.15, -0.1) is 0 Å². The summed E-state index contributed by atoms with van der Waals surface area (Å²) in [4.78, 5) is 19.1. The maximum Gasteiger partial charge on any atom is 0.182 e. The molecule has 0 fully saturated rings. The zero-order chi connectivity index (χ0) is 28.4. The molecule has 3 heterocycles. The smallest absolute Gasteiger partial charge is 0.182 e. The van der Waals surface area contributed by atoms with Crippen LogP contribution >= 0.6 is 0 Å². The third kappa shape index (κ3) is 3.63. The second kappa shape index (κ2) is 9.18. The van der Waals surface area contributed by atoms with E-state index in [0.717, 1.165) is 33.1 Å². The lowest BCUT2D eigenvalue weighted by molar-refractivity contribution is 0.414. The highest BCUT2D eigenvalue weighted by molar-refractivity contribution is 6.08. The molecule has 8 rings (SSSR count). The summed E-state index contributed by atoms with van der Waals surface area (Å²) in [6.07, 6.45) is 1.76. The van der Waals surface area contributed by atoms with Gasteiger partial charge in [0.1, 0.15) is 16.9 Å². The van der Waals surface area contributed by atoms with Gasteiger partial charge in [0.05, 0.1) is 0 Å². The molecule has 1 unspecified atom stereocenters. The van der Waals surface area contributed by atoms with Crippen molar-refractivity contribution in [2.45, 2.75) is 26.2 Å².